The third-order valence-electron chi connectivity index (χ3n) is 2.87. The molecule has 0 unspecified atom stereocenters. The molecule has 0 saturated heterocycles. The van der Waals surface area contributed by atoms with Crippen LogP contribution in [0.15, 0.2) is 53.4 Å². The highest BCUT2D eigenvalue weighted by Crippen LogP contribution is 2.08. The summed E-state index contributed by atoms with van der Waals surface area (Å²) in [5.74, 6) is -0.0266. The van der Waals surface area contributed by atoms with E-state index in [0.29, 0.717) is 18.5 Å². The molecule has 20 heavy (non-hydrogen) atoms. The number of amides is 1. The van der Waals surface area contributed by atoms with E-state index in [9.17, 15) is 4.79 Å². The van der Waals surface area contributed by atoms with E-state index in [4.69, 9.17) is 5.26 Å². The second-order valence-electron chi connectivity index (χ2n) is 4.43. The second-order valence-corrected chi connectivity index (χ2v) is 4.95. The van der Waals surface area contributed by atoms with Gasteiger partial charge in [0.2, 0.25) is 5.91 Å². The summed E-state index contributed by atoms with van der Waals surface area (Å²) in [5.41, 5.74) is 2.55. The maximum absolute atomic E-state index is 11.8. The van der Waals surface area contributed by atoms with Gasteiger partial charge in [-0.25, -0.2) is 0 Å². The summed E-state index contributed by atoms with van der Waals surface area (Å²) in [6.45, 7) is 0.467. The largest absolute Gasteiger partial charge is 0.352 e. The molecule has 0 aromatic heterocycles. The van der Waals surface area contributed by atoms with Gasteiger partial charge >= 0.3 is 0 Å². The first-order valence-electron chi connectivity index (χ1n) is 6.21. The van der Waals surface area contributed by atoms with Crippen molar-refractivity contribution in [2.24, 2.45) is 0 Å². The Labute approximate surface area is 123 Å². The Morgan fingerprint density at radius 3 is 2.25 bits per heavy atom. The Hall–Kier alpha value is -2.25. The van der Waals surface area contributed by atoms with E-state index in [1.165, 1.54) is 0 Å². The second kappa shape index (κ2) is 6.78. The van der Waals surface area contributed by atoms with Gasteiger partial charge in [0.15, 0.2) is 0 Å². The van der Waals surface area contributed by atoms with E-state index in [2.05, 4.69) is 24.0 Å². The van der Waals surface area contributed by atoms with Gasteiger partial charge in [-0.3, -0.25) is 4.79 Å². The Balaban J connectivity index is 1.85. The SMILES string of the molecule is N#Cc1ccc(CNC(=O)Cc2ccc(S)cc2)cc1. The molecule has 0 saturated carbocycles. The zero-order chi connectivity index (χ0) is 14.4. The van der Waals surface area contributed by atoms with E-state index in [-0.39, 0.29) is 5.91 Å². The molecular formula is C16H14N2OS. The van der Waals surface area contributed by atoms with Crippen LogP contribution in [0, 0.1) is 11.3 Å². The van der Waals surface area contributed by atoms with Gasteiger partial charge < -0.3 is 5.32 Å². The monoisotopic (exact) mass is 282 g/mol. The minimum Gasteiger partial charge on any atom is -0.352 e. The van der Waals surface area contributed by atoms with Crippen LogP contribution in [0.25, 0.3) is 0 Å². The topological polar surface area (TPSA) is 52.9 Å². The molecule has 0 spiro atoms. The van der Waals surface area contributed by atoms with Crippen LogP contribution in [0.5, 0.6) is 0 Å². The molecule has 0 fully saturated rings. The molecule has 1 N–H and O–H groups in total. The molecule has 2 aromatic rings. The molecule has 0 radical (unpaired) electrons. The van der Waals surface area contributed by atoms with Crippen molar-refractivity contribution in [2.45, 2.75) is 17.9 Å². The quantitative estimate of drug-likeness (QED) is 0.847. The number of carbonyl (C=O) groups excluding carboxylic acids is 1. The smallest absolute Gasteiger partial charge is 0.224 e. The summed E-state index contributed by atoms with van der Waals surface area (Å²) < 4.78 is 0. The predicted molar refractivity (Wildman–Crippen MR) is 80.4 cm³/mol. The molecule has 1 amide bonds. The molecule has 2 aromatic carbocycles. The highest BCUT2D eigenvalue weighted by molar-refractivity contribution is 7.80. The van der Waals surface area contributed by atoms with Crippen molar-refractivity contribution in [3.63, 3.8) is 0 Å². The van der Waals surface area contributed by atoms with Crippen LogP contribution in [0.2, 0.25) is 0 Å². The van der Waals surface area contributed by atoms with Crippen molar-refractivity contribution >= 4 is 18.5 Å². The fourth-order valence-corrected chi connectivity index (χ4v) is 1.91. The molecular weight excluding hydrogens is 268 g/mol. The number of hydrogen-bond donors (Lipinski definition) is 2. The summed E-state index contributed by atoms with van der Waals surface area (Å²) in [6.07, 6.45) is 0.352. The Morgan fingerprint density at radius 1 is 1.05 bits per heavy atom. The summed E-state index contributed by atoms with van der Waals surface area (Å²) in [5, 5.41) is 11.6. The van der Waals surface area contributed by atoms with Crippen LogP contribution < -0.4 is 5.32 Å². The van der Waals surface area contributed by atoms with Gasteiger partial charge in [0.1, 0.15) is 0 Å². The van der Waals surface area contributed by atoms with Gasteiger partial charge in [-0.05, 0) is 35.4 Å². The fraction of sp³-hybridized carbons (Fsp3) is 0.125. The van der Waals surface area contributed by atoms with Gasteiger partial charge in [0, 0.05) is 11.4 Å². The van der Waals surface area contributed by atoms with Gasteiger partial charge in [0.25, 0.3) is 0 Å². The lowest BCUT2D eigenvalue weighted by Gasteiger charge is -2.06. The van der Waals surface area contributed by atoms with Crippen molar-refractivity contribution in [3.05, 3.63) is 65.2 Å². The number of hydrogen-bond acceptors (Lipinski definition) is 3. The van der Waals surface area contributed by atoms with Crippen molar-refractivity contribution in [1.82, 2.24) is 5.32 Å². The molecule has 0 bridgehead atoms. The Bertz CT molecular complexity index is 627. The first-order chi connectivity index (χ1) is 9.67. The average molecular weight is 282 g/mol. The highest BCUT2D eigenvalue weighted by atomic mass is 32.1. The summed E-state index contributed by atoms with van der Waals surface area (Å²) in [7, 11) is 0. The molecule has 0 aliphatic heterocycles. The lowest BCUT2D eigenvalue weighted by atomic mass is 10.1. The lowest BCUT2D eigenvalue weighted by Crippen LogP contribution is -2.24. The Kier molecular flexibility index (Phi) is 4.80. The molecule has 100 valence electrons. The number of rotatable bonds is 4. The summed E-state index contributed by atoms with van der Waals surface area (Å²) in [4.78, 5) is 12.7. The number of nitrogens with zero attached hydrogens (tertiary/aromatic N) is 1. The van der Waals surface area contributed by atoms with Gasteiger partial charge in [-0.15, -0.1) is 12.6 Å². The van der Waals surface area contributed by atoms with Gasteiger partial charge in [0.05, 0.1) is 18.1 Å². The predicted octanol–water partition coefficient (Wildman–Crippen LogP) is 2.71. The number of carbonyl (C=O) groups is 1. The molecule has 4 heteroatoms. The van der Waals surface area contributed by atoms with Crippen molar-refractivity contribution in [1.29, 1.82) is 5.26 Å². The van der Waals surface area contributed by atoms with Crippen LogP contribution >= 0.6 is 12.6 Å². The number of nitrogens with one attached hydrogen (secondary N) is 1. The molecule has 0 aliphatic rings. The average Bonchev–Trinajstić information content (AvgIpc) is 2.48. The lowest BCUT2D eigenvalue weighted by molar-refractivity contribution is -0.120. The number of benzene rings is 2. The van der Waals surface area contributed by atoms with Crippen molar-refractivity contribution in [3.8, 4) is 6.07 Å². The van der Waals surface area contributed by atoms with Gasteiger partial charge in [-0.2, -0.15) is 5.26 Å². The normalized spacial score (nSPS) is 9.80. The first-order valence-corrected chi connectivity index (χ1v) is 6.66. The molecule has 0 heterocycles. The number of nitriles is 1. The van der Waals surface area contributed by atoms with Gasteiger partial charge in [-0.1, -0.05) is 24.3 Å². The van der Waals surface area contributed by atoms with Crippen molar-refractivity contribution in [2.75, 3.05) is 0 Å². The van der Waals surface area contributed by atoms with Crippen LogP contribution in [-0.2, 0) is 17.8 Å². The van der Waals surface area contributed by atoms with E-state index in [1.54, 1.807) is 12.1 Å². The van der Waals surface area contributed by atoms with Crippen LogP contribution in [-0.4, -0.2) is 5.91 Å². The third-order valence-corrected chi connectivity index (χ3v) is 3.17. The summed E-state index contributed by atoms with van der Waals surface area (Å²) in [6, 6.07) is 16.8. The standard InChI is InChI=1S/C16H14N2OS/c17-10-13-1-3-14(4-2-13)11-18-16(19)9-12-5-7-15(20)8-6-12/h1-8,20H,9,11H2,(H,18,19). The highest BCUT2D eigenvalue weighted by Gasteiger charge is 2.03. The minimum absolute atomic E-state index is 0.0266. The maximum atomic E-state index is 11.8. The third kappa shape index (κ3) is 4.15. The number of thiol groups is 1. The first kappa shape index (κ1) is 14.2. The zero-order valence-corrected chi connectivity index (χ0v) is 11.7. The van der Waals surface area contributed by atoms with Crippen LogP contribution in [0.3, 0.4) is 0 Å². The van der Waals surface area contributed by atoms with E-state index in [1.807, 2.05) is 36.4 Å². The molecule has 2 rings (SSSR count). The van der Waals surface area contributed by atoms with E-state index < -0.39 is 0 Å². The maximum Gasteiger partial charge on any atom is 0.224 e. The molecule has 3 nitrogen and oxygen atoms in total. The fourth-order valence-electron chi connectivity index (χ4n) is 1.76. The van der Waals surface area contributed by atoms with Crippen LogP contribution in [0.1, 0.15) is 16.7 Å². The molecule has 0 atom stereocenters. The van der Waals surface area contributed by atoms with Crippen LogP contribution in [0.4, 0.5) is 0 Å². The molecule has 0 aliphatic carbocycles. The minimum atomic E-state index is -0.0266. The van der Waals surface area contributed by atoms with E-state index >= 15 is 0 Å². The Morgan fingerprint density at radius 2 is 1.65 bits per heavy atom. The summed E-state index contributed by atoms with van der Waals surface area (Å²) >= 11 is 4.20. The zero-order valence-electron chi connectivity index (χ0n) is 10.8. The van der Waals surface area contributed by atoms with Crippen molar-refractivity contribution < 1.29 is 4.79 Å². The van der Waals surface area contributed by atoms with E-state index in [0.717, 1.165) is 16.0 Å².